The van der Waals surface area contributed by atoms with Gasteiger partial charge in [-0.2, -0.15) is 5.17 Å². The predicted octanol–water partition coefficient (Wildman–Crippen LogP) is 4.79. The summed E-state index contributed by atoms with van der Waals surface area (Å²) in [5, 5.41) is 3.38. The zero-order valence-electron chi connectivity index (χ0n) is 22.2. The lowest BCUT2D eigenvalue weighted by molar-refractivity contribution is -0.306. The Morgan fingerprint density at radius 1 is 0.639 bits per heavy atom. The van der Waals surface area contributed by atoms with E-state index in [1.807, 2.05) is 6.20 Å². The summed E-state index contributed by atoms with van der Waals surface area (Å²) in [6, 6.07) is 0. The van der Waals surface area contributed by atoms with Crippen molar-refractivity contribution in [2.45, 2.75) is 115 Å². The average molecular weight is 512 g/mol. The van der Waals surface area contributed by atoms with Crippen LogP contribution in [0.15, 0.2) is 12.0 Å². The maximum atomic E-state index is 6.09. The molecule has 0 aromatic rings. The number of hydroxylamine groups is 2. The highest BCUT2D eigenvalue weighted by molar-refractivity contribution is 4.94. The van der Waals surface area contributed by atoms with E-state index in [4.69, 9.17) is 28.6 Å². The summed E-state index contributed by atoms with van der Waals surface area (Å²) in [5.74, 6) is 0.869. The Kier molecular flexibility index (Phi) is 13.1. The van der Waals surface area contributed by atoms with Gasteiger partial charge in [-0.25, -0.2) is 0 Å². The number of hydrogen-bond acceptors (Lipinski definition) is 9. The van der Waals surface area contributed by atoms with Gasteiger partial charge >= 0.3 is 0 Å². The van der Waals surface area contributed by atoms with Crippen molar-refractivity contribution in [2.24, 2.45) is 0 Å². The van der Waals surface area contributed by atoms with Crippen molar-refractivity contribution < 1.29 is 28.6 Å². The van der Waals surface area contributed by atoms with Crippen LogP contribution in [0, 0.1) is 0 Å². The van der Waals surface area contributed by atoms with Crippen LogP contribution in [0.2, 0.25) is 0 Å². The molecule has 4 aliphatic heterocycles. The number of epoxide rings is 3. The van der Waals surface area contributed by atoms with Gasteiger partial charge in [0.25, 0.3) is 0 Å². The lowest BCUT2D eigenvalue weighted by atomic mass is 10.1. The summed E-state index contributed by atoms with van der Waals surface area (Å²) in [5.41, 5.74) is 3.19. The minimum atomic E-state index is 0.544. The van der Waals surface area contributed by atoms with Gasteiger partial charge in [0.15, 0.2) is 0 Å². The van der Waals surface area contributed by atoms with E-state index in [0.717, 1.165) is 51.4 Å². The van der Waals surface area contributed by atoms with Crippen LogP contribution in [0.4, 0.5) is 0 Å². The van der Waals surface area contributed by atoms with Crippen LogP contribution in [0.3, 0.4) is 0 Å². The minimum Gasteiger partial charge on any atom is -0.495 e. The van der Waals surface area contributed by atoms with E-state index in [1.54, 1.807) is 10.3 Å². The molecule has 4 heterocycles. The van der Waals surface area contributed by atoms with Gasteiger partial charge in [-0.15, -0.1) is 5.53 Å². The Hall–Kier alpha value is -0.940. The first-order valence-electron chi connectivity index (χ1n) is 14.6. The van der Waals surface area contributed by atoms with Crippen molar-refractivity contribution in [1.82, 2.24) is 15.9 Å². The van der Waals surface area contributed by atoms with Gasteiger partial charge in [0.05, 0.1) is 64.2 Å². The van der Waals surface area contributed by atoms with Gasteiger partial charge in [0.1, 0.15) is 12.3 Å². The first-order chi connectivity index (χ1) is 17.8. The summed E-state index contributed by atoms with van der Waals surface area (Å²) in [7, 11) is 0. The molecule has 0 bridgehead atoms. The van der Waals surface area contributed by atoms with E-state index < -0.39 is 0 Å². The van der Waals surface area contributed by atoms with Crippen molar-refractivity contribution in [3.05, 3.63) is 12.0 Å². The highest BCUT2D eigenvalue weighted by Gasteiger charge is 2.23. The van der Waals surface area contributed by atoms with Crippen LogP contribution in [0.5, 0.6) is 0 Å². The molecule has 4 rings (SSSR count). The topological polar surface area (TPSA) is 83.8 Å². The second-order valence-electron chi connectivity index (χ2n) is 10.5. The average Bonchev–Trinajstić information content (AvgIpc) is 3.73. The third-order valence-corrected chi connectivity index (χ3v) is 7.00. The van der Waals surface area contributed by atoms with E-state index in [9.17, 15) is 0 Å². The van der Waals surface area contributed by atoms with E-state index >= 15 is 0 Å². The van der Waals surface area contributed by atoms with Gasteiger partial charge in [-0.05, 0) is 38.5 Å². The van der Waals surface area contributed by atoms with Gasteiger partial charge in [-0.1, -0.05) is 63.0 Å². The number of hydrogen-bond donors (Lipinski definition) is 1. The molecule has 0 saturated carbocycles. The first-order valence-corrected chi connectivity index (χ1v) is 14.6. The van der Waals surface area contributed by atoms with E-state index in [1.165, 1.54) is 77.0 Å². The molecular formula is C27H49N3O6. The Balaban J connectivity index is 1.07. The molecule has 1 N–H and O–H groups in total. The van der Waals surface area contributed by atoms with Crippen molar-refractivity contribution in [1.29, 1.82) is 0 Å². The molecule has 0 aliphatic carbocycles. The van der Waals surface area contributed by atoms with Crippen LogP contribution < -0.4 is 5.53 Å². The highest BCUT2D eigenvalue weighted by atomic mass is 16.8. The number of nitrogens with one attached hydrogen (secondary N) is 1. The summed E-state index contributed by atoms with van der Waals surface area (Å²) in [6.07, 6.45) is 21.3. The molecular weight excluding hydrogens is 462 g/mol. The molecule has 0 aromatic heterocycles. The van der Waals surface area contributed by atoms with Crippen molar-refractivity contribution in [2.75, 3.05) is 46.2 Å². The quantitative estimate of drug-likeness (QED) is 0.145. The van der Waals surface area contributed by atoms with Crippen LogP contribution in [0.1, 0.15) is 96.3 Å². The van der Waals surface area contributed by atoms with Crippen molar-refractivity contribution >= 4 is 0 Å². The lowest BCUT2D eigenvalue weighted by Gasteiger charge is -2.33. The Bertz CT molecular complexity index is 612. The van der Waals surface area contributed by atoms with Gasteiger partial charge in [-0.3, -0.25) is 9.68 Å². The van der Waals surface area contributed by atoms with E-state index in [-0.39, 0.29) is 0 Å². The Morgan fingerprint density at radius 2 is 1.11 bits per heavy atom. The number of rotatable bonds is 24. The third-order valence-electron chi connectivity index (χ3n) is 7.00. The Morgan fingerprint density at radius 3 is 1.64 bits per heavy atom. The number of hydrazine groups is 2. The standard InChI is InChI=1S/C27H49N3O6/c1(7-13-24-21-32-24)4-10-16-31-27-19-29(35-17-11-5-2-8-14-25-22-33-25)28-30(20-27)36-18-12-6-3-9-15-26-23-34-26/h19,24-26,28H,1-18,20-23H2. The molecule has 0 aromatic carbocycles. The second kappa shape index (κ2) is 16.8. The SMILES string of the molecule is C1=C(OCCCCCCC2CO2)CN(OCCCCCCC2CO2)NN1OCCCCCCC1CO1. The molecule has 9 heteroatoms. The second-order valence-corrected chi connectivity index (χ2v) is 10.5. The third kappa shape index (κ3) is 13.6. The van der Waals surface area contributed by atoms with E-state index in [2.05, 4.69) is 5.53 Å². The molecule has 0 spiro atoms. The number of nitrogens with zero attached hydrogens (tertiary/aromatic N) is 2. The molecule has 9 nitrogen and oxygen atoms in total. The minimum absolute atomic E-state index is 0.544. The smallest absolute Gasteiger partial charge is 0.134 e. The van der Waals surface area contributed by atoms with Crippen LogP contribution in [-0.4, -0.2) is 74.8 Å². The fourth-order valence-electron chi connectivity index (χ4n) is 4.44. The first kappa shape index (κ1) is 28.1. The molecule has 3 fully saturated rings. The lowest BCUT2D eigenvalue weighted by Crippen LogP contribution is -2.51. The van der Waals surface area contributed by atoms with Crippen LogP contribution >= 0.6 is 0 Å². The summed E-state index contributed by atoms with van der Waals surface area (Å²) >= 11 is 0. The predicted molar refractivity (Wildman–Crippen MR) is 136 cm³/mol. The number of unbranched alkanes of at least 4 members (excludes halogenated alkanes) is 9. The normalized spacial score (nSPS) is 25.2. The van der Waals surface area contributed by atoms with Gasteiger partial charge in [0.2, 0.25) is 0 Å². The van der Waals surface area contributed by atoms with Gasteiger partial charge in [0, 0.05) is 0 Å². The maximum absolute atomic E-state index is 6.09. The molecule has 3 saturated heterocycles. The monoisotopic (exact) mass is 511 g/mol. The zero-order valence-corrected chi connectivity index (χ0v) is 22.2. The molecule has 0 radical (unpaired) electrons. The summed E-state index contributed by atoms with van der Waals surface area (Å²) in [4.78, 5) is 11.9. The summed E-state index contributed by atoms with van der Waals surface area (Å²) in [6.45, 7) is 5.54. The summed E-state index contributed by atoms with van der Waals surface area (Å²) < 4.78 is 21.9. The zero-order chi connectivity index (χ0) is 24.7. The highest BCUT2D eigenvalue weighted by Crippen LogP contribution is 2.20. The fourth-order valence-corrected chi connectivity index (χ4v) is 4.44. The van der Waals surface area contributed by atoms with E-state index in [0.29, 0.717) is 38.1 Å². The van der Waals surface area contributed by atoms with Crippen molar-refractivity contribution in [3.8, 4) is 0 Å². The maximum Gasteiger partial charge on any atom is 0.134 e. The molecule has 3 unspecified atom stereocenters. The molecule has 3 atom stereocenters. The largest absolute Gasteiger partial charge is 0.495 e. The van der Waals surface area contributed by atoms with Gasteiger partial charge < -0.3 is 18.9 Å². The van der Waals surface area contributed by atoms with Crippen LogP contribution in [0.25, 0.3) is 0 Å². The molecule has 4 aliphatic rings. The van der Waals surface area contributed by atoms with Crippen molar-refractivity contribution in [3.63, 3.8) is 0 Å². The number of ether oxygens (including phenoxy) is 4. The van der Waals surface area contributed by atoms with Crippen LogP contribution in [-0.2, 0) is 28.6 Å². The fraction of sp³-hybridized carbons (Fsp3) is 0.926. The Labute approximate surface area is 217 Å². The molecule has 0 amide bonds. The molecule has 36 heavy (non-hydrogen) atoms. The molecule has 208 valence electrons.